The summed E-state index contributed by atoms with van der Waals surface area (Å²) in [6.45, 7) is 1.12. The van der Waals surface area contributed by atoms with Crippen LogP contribution in [0.4, 0.5) is 14.3 Å². The molecule has 1 aliphatic carbocycles. The highest BCUT2D eigenvalue weighted by Gasteiger charge is 2.23. The van der Waals surface area contributed by atoms with E-state index >= 15 is 0 Å². The molecule has 0 atom stereocenters. The van der Waals surface area contributed by atoms with E-state index in [0.29, 0.717) is 24.6 Å². The normalized spacial score (nSPS) is 16.3. The predicted octanol–water partition coefficient (Wildman–Crippen LogP) is 3.36. The van der Waals surface area contributed by atoms with Crippen LogP contribution in [0, 0.1) is 5.82 Å². The number of amides is 2. The molecule has 0 spiro atoms. The van der Waals surface area contributed by atoms with Crippen LogP contribution in [-0.4, -0.2) is 22.5 Å². The van der Waals surface area contributed by atoms with Crippen molar-refractivity contribution in [3.8, 4) is 0 Å². The van der Waals surface area contributed by atoms with Crippen LogP contribution in [0.5, 0.6) is 0 Å². The van der Waals surface area contributed by atoms with E-state index in [0.717, 1.165) is 29.7 Å². The molecule has 2 amide bonds. The third-order valence-electron chi connectivity index (χ3n) is 4.28. The Morgan fingerprint density at radius 2 is 2.18 bits per heavy atom. The number of aryl methyl sites for hydroxylation is 2. The summed E-state index contributed by atoms with van der Waals surface area (Å²) >= 11 is 1.58. The van der Waals surface area contributed by atoms with E-state index in [9.17, 15) is 9.18 Å². The summed E-state index contributed by atoms with van der Waals surface area (Å²) in [5.41, 5.74) is 3.15. The van der Waals surface area contributed by atoms with Gasteiger partial charge in [-0.3, -0.25) is 5.32 Å². The highest BCUT2D eigenvalue weighted by atomic mass is 32.1. The molecule has 2 heterocycles. The van der Waals surface area contributed by atoms with Gasteiger partial charge in [0.1, 0.15) is 5.82 Å². The number of hydrogen-bond acceptors (Lipinski definition) is 3. The maximum atomic E-state index is 13.2. The largest absolute Gasteiger partial charge is 0.323 e. The highest BCUT2D eigenvalue weighted by Crippen LogP contribution is 2.30. The summed E-state index contributed by atoms with van der Waals surface area (Å²) in [6, 6.07) is 4.66. The van der Waals surface area contributed by atoms with Crippen molar-refractivity contribution in [1.29, 1.82) is 0 Å². The molecule has 114 valence electrons. The Morgan fingerprint density at radius 1 is 1.27 bits per heavy atom. The minimum absolute atomic E-state index is 0.123. The molecule has 1 N–H and O–H groups in total. The van der Waals surface area contributed by atoms with Gasteiger partial charge < -0.3 is 4.90 Å². The van der Waals surface area contributed by atoms with Gasteiger partial charge in [-0.2, -0.15) is 0 Å². The van der Waals surface area contributed by atoms with Crippen LogP contribution >= 0.6 is 11.3 Å². The number of carbonyl (C=O) groups excluding carboxylic acids is 1. The minimum atomic E-state index is -0.214. The molecular weight excluding hydrogens is 301 g/mol. The first-order valence-electron chi connectivity index (χ1n) is 7.51. The minimum Gasteiger partial charge on any atom is -0.320 e. The summed E-state index contributed by atoms with van der Waals surface area (Å²) in [5.74, 6) is -0.214. The second kappa shape index (κ2) is 5.35. The Balaban J connectivity index is 1.46. The van der Waals surface area contributed by atoms with Crippen molar-refractivity contribution in [2.45, 2.75) is 32.2 Å². The Kier molecular flexibility index (Phi) is 3.33. The molecule has 0 bridgehead atoms. The van der Waals surface area contributed by atoms with E-state index in [1.165, 1.54) is 17.4 Å². The summed E-state index contributed by atoms with van der Waals surface area (Å²) in [4.78, 5) is 19.9. The first-order valence-corrected chi connectivity index (χ1v) is 8.32. The smallest absolute Gasteiger partial charge is 0.320 e. The lowest BCUT2D eigenvalue weighted by molar-refractivity contribution is 0.206. The number of fused-ring (bicyclic) bond motifs is 2. The second-order valence-corrected chi connectivity index (χ2v) is 6.84. The lowest BCUT2D eigenvalue weighted by atomic mass is 10.00. The zero-order valence-electron chi connectivity index (χ0n) is 12.1. The van der Waals surface area contributed by atoms with Crippen LogP contribution in [0.1, 0.15) is 28.1 Å². The number of hydrogen-bond donors (Lipinski definition) is 1. The van der Waals surface area contributed by atoms with Crippen molar-refractivity contribution in [3.05, 3.63) is 45.7 Å². The monoisotopic (exact) mass is 317 g/mol. The molecule has 2 aliphatic rings. The van der Waals surface area contributed by atoms with Crippen molar-refractivity contribution >= 4 is 22.5 Å². The van der Waals surface area contributed by atoms with Crippen LogP contribution < -0.4 is 5.32 Å². The molecule has 0 fully saturated rings. The SMILES string of the molecule is O=C(Nc1nc2c(s1)CCC2)N1CCc2cc(F)ccc2C1. The lowest BCUT2D eigenvalue weighted by Crippen LogP contribution is -2.38. The standard InChI is InChI=1S/C16H16FN3OS/c17-12-5-4-11-9-20(7-6-10(11)8-12)16(21)19-15-18-13-2-1-3-14(13)22-15/h4-5,8H,1-3,6-7,9H2,(H,18,19,21). The van der Waals surface area contributed by atoms with Crippen molar-refractivity contribution in [3.63, 3.8) is 0 Å². The van der Waals surface area contributed by atoms with Gasteiger partial charge >= 0.3 is 6.03 Å². The fraction of sp³-hybridized carbons (Fsp3) is 0.375. The number of benzene rings is 1. The fourth-order valence-corrected chi connectivity index (χ4v) is 4.15. The van der Waals surface area contributed by atoms with Crippen LogP contribution in [0.2, 0.25) is 0 Å². The van der Waals surface area contributed by atoms with E-state index in [2.05, 4.69) is 10.3 Å². The van der Waals surface area contributed by atoms with Crippen molar-refractivity contribution in [2.75, 3.05) is 11.9 Å². The van der Waals surface area contributed by atoms with Gasteiger partial charge in [0.2, 0.25) is 0 Å². The number of nitrogens with zero attached hydrogens (tertiary/aromatic N) is 2. The van der Waals surface area contributed by atoms with E-state index in [-0.39, 0.29) is 11.8 Å². The van der Waals surface area contributed by atoms with Crippen molar-refractivity contribution < 1.29 is 9.18 Å². The second-order valence-electron chi connectivity index (χ2n) is 5.76. The van der Waals surface area contributed by atoms with Gasteiger partial charge in [-0.25, -0.2) is 14.2 Å². The van der Waals surface area contributed by atoms with Gasteiger partial charge in [0.15, 0.2) is 5.13 Å². The number of aromatic nitrogens is 1. The molecule has 2 aromatic rings. The molecule has 6 heteroatoms. The maximum absolute atomic E-state index is 13.2. The zero-order chi connectivity index (χ0) is 15.1. The first kappa shape index (κ1) is 13.7. The van der Waals surface area contributed by atoms with E-state index in [4.69, 9.17) is 0 Å². The Hall–Kier alpha value is -1.95. The van der Waals surface area contributed by atoms with Crippen LogP contribution in [0.3, 0.4) is 0 Å². The average Bonchev–Trinajstić information content (AvgIpc) is 3.07. The maximum Gasteiger partial charge on any atom is 0.323 e. The van der Waals surface area contributed by atoms with Crippen LogP contribution in [0.25, 0.3) is 0 Å². The summed E-state index contributed by atoms with van der Waals surface area (Å²) < 4.78 is 13.2. The molecule has 0 unspecified atom stereocenters. The Labute approximate surface area is 132 Å². The zero-order valence-corrected chi connectivity index (χ0v) is 12.9. The quantitative estimate of drug-likeness (QED) is 0.876. The summed E-state index contributed by atoms with van der Waals surface area (Å²) in [5, 5.41) is 3.60. The van der Waals surface area contributed by atoms with Crippen LogP contribution in [-0.2, 0) is 25.8 Å². The van der Waals surface area contributed by atoms with E-state index in [1.807, 2.05) is 0 Å². The molecular formula is C16H16FN3OS. The van der Waals surface area contributed by atoms with E-state index < -0.39 is 0 Å². The molecule has 0 saturated heterocycles. The molecule has 4 rings (SSSR count). The average molecular weight is 317 g/mol. The topological polar surface area (TPSA) is 45.2 Å². The van der Waals surface area contributed by atoms with Gasteiger partial charge in [0.05, 0.1) is 5.69 Å². The number of thiazole rings is 1. The molecule has 1 aliphatic heterocycles. The fourth-order valence-electron chi connectivity index (χ4n) is 3.11. The van der Waals surface area contributed by atoms with Gasteiger partial charge in [0.25, 0.3) is 0 Å². The highest BCUT2D eigenvalue weighted by molar-refractivity contribution is 7.15. The molecule has 4 nitrogen and oxygen atoms in total. The Morgan fingerprint density at radius 3 is 3.05 bits per heavy atom. The molecule has 0 saturated carbocycles. The summed E-state index contributed by atoms with van der Waals surface area (Å²) in [6.07, 6.45) is 3.95. The number of nitrogens with one attached hydrogen (secondary N) is 1. The Bertz CT molecular complexity index is 721. The van der Waals surface area contributed by atoms with Crippen molar-refractivity contribution in [2.24, 2.45) is 0 Å². The van der Waals surface area contributed by atoms with Gasteiger partial charge in [-0.1, -0.05) is 6.07 Å². The number of rotatable bonds is 1. The number of carbonyl (C=O) groups is 1. The third-order valence-corrected chi connectivity index (χ3v) is 5.35. The molecule has 22 heavy (non-hydrogen) atoms. The molecule has 0 radical (unpaired) electrons. The van der Waals surface area contributed by atoms with Crippen LogP contribution in [0.15, 0.2) is 18.2 Å². The lowest BCUT2D eigenvalue weighted by Gasteiger charge is -2.28. The van der Waals surface area contributed by atoms with Gasteiger partial charge in [-0.05, 0) is 48.9 Å². The van der Waals surface area contributed by atoms with Gasteiger partial charge in [-0.15, -0.1) is 11.3 Å². The first-order chi connectivity index (χ1) is 10.7. The number of halogens is 1. The number of anilines is 1. The predicted molar refractivity (Wildman–Crippen MR) is 83.7 cm³/mol. The molecule has 1 aromatic carbocycles. The van der Waals surface area contributed by atoms with Crippen molar-refractivity contribution in [1.82, 2.24) is 9.88 Å². The number of urea groups is 1. The third kappa shape index (κ3) is 2.47. The molecule has 1 aromatic heterocycles. The summed E-state index contributed by atoms with van der Waals surface area (Å²) in [7, 11) is 0. The van der Waals surface area contributed by atoms with E-state index in [1.54, 1.807) is 28.4 Å². The van der Waals surface area contributed by atoms with Gasteiger partial charge in [0, 0.05) is 18.0 Å².